The van der Waals surface area contributed by atoms with Crippen molar-refractivity contribution in [3.63, 3.8) is 0 Å². The van der Waals surface area contributed by atoms with E-state index in [9.17, 15) is 19.2 Å². The molecule has 13 heteroatoms. The first kappa shape index (κ1) is 18.8. The van der Waals surface area contributed by atoms with Crippen molar-refractivity contribution in [3.8, 4) is 0 Å². The third-order valence-electron chi connectivity index (χ3n) is 3.68. The Hall–Kier alpha value is -2.93. The molecule has 27 heavy (non-hydrogen) atoms. The number of amides is 3. The Bertz CT molecular complexity index is 866. The monoisotopic (exact) mass is 411 g/mol. The van der Waals surface area contributed by atoms with Crippen molar-refractivity contribution in [2.75, 3.05) is 18.2 Å². The van der Waals surface area contributed by atoms with Crippen LogP contribution in [-0.4, -0.2) is 69.2 Å². The lowest BCUT2D eigenvalue weighted by Crippen LogP contribution is -2.70. The van der Waals surface area contributed by atoms with Crippen molar-refractivity contribution in [2.24, 2.45) is 5.16 Å². The number of β-lactam (4-membered cyclic amide) rings is 1. The van der Waals surface area contributed by atoms with Gasteiger partial charge >= 0.3 is 5.97 Å². The van der Waals surface area contributed by atoms with Gasteiger partial charge in [-0.15, -0.1) is 23.1 Å². The number of oxime groups is 1. The van der Waals surface area contributed by atoms with E-state index < -0.39 is 29.2 Å². The van der Waals surface area contributed by atoms with Gasteiger partial charge in [0, 0.05) is 11.1 Å². The number of hydrogen-bond donors (Lipinski definition) is 3. The number of thiazole rings is 1. The van der Waals surface area contributed by atoms with Crippen LogP contribution in [0.4, 0.5) is 5.13 Å². The molecule has 2 aliphatic heterocycles. The molecule has 0 radical (unpaired) electrons. The maximum atomic E-state index is 12.6. The van der Waals surface area contributed by atoms with Gasteiger partial charge in [-0.25, -0.2) is 9.78 Å². The van der Waals surface area contributed by atoms with Crippen LogP contribution in [0.15, 0.2) is 22.3 Å². The fourth-order valence-corrected chi connectivity index (χ4v) is 4.39. The lowest BCUT2D eigenvalue weighted by Gasteiger charge is -2.48. The molecule has 142 valence electrons. The van der Waals surface area contributed by atoms with Crippen LogP contribution in [-0.2, 0) is 24.0 Å². The lowest BCUT2D eigenvalue weighted by atomic mass is 10.0. The summed E-state index contributed by atoms with van der Waals surface area (Å²) in [5.74, 6) is -2.01. The molecular formula is C14H13N5O6S2. The molecule has 1 fully saturated rings. The van der Waals surface area contributed by atoms with Gasteiger partial charge in [0.25, 0.3) is 11.8 Å². The number of aromatic nitrogens is 1. The Morgan fingerprint density at radius 2 is 2.30 bits per heavy atom. The second-order valence-electron chi connectivity index (χ2n) is 5.20. The molecule has 1 aromatic rings. The largest absolute Gasteiger partial charge is 0.477 e. The number of nitrogens with one attached hydrogen (secondary N) is 2. The van der Waals surface area contributed by atoms with Gasteiger partial charge in [-0.1, -0.05) is 5.16 Å². The standard InChI is InChI=1S/C14H13N5O6S2/c1-25-18-8(6-4-27-14(16-6)15-5-20)10(21)17-9-11(22)19-7(13(23)24)2-3-26-12(9)19/h2,4-5,9,12H,3H2,1H3,(H,17,21)(H,23,24)(H,15,16,20)/b18-8+. The minimum atomic E-state index is -1.20. The molecule has 1 aromatic heterocycles. The number of carboxylic acid groups (broad SMARTS) is 1. The quantitative estimate of drug-likeness (QED) is 0.234. The van der Waals surface area contributed by atoms with E-state index in [2.05, 4.69) is 25.6 Å². The van der Waals surface area contributed by atoms with Crippen LogP contribution >= 0.6 is 23.1 Å². The molecule has 0 aliphatic carbocycles. The molecule has 2 unspecified atom stereocenters. The van der Waals surface area contributed by atoms with Gasteiger partial charge in [0.2, 0.25) is 6.41 Å². The van der Waals surface area contributed by atoms with Crippen LogP contribution in [0.2, 0.25) is 0 Å². The summed E-state index contributed by atoms with van der Waals surface area (Å²) < 4.78 is 0. The molecule has 3 amide bonds. The van der Waals surface area contributed by atoms with Gasteiger partial charge in [-0.05, 0) is 6.08 Å². The summed E-state index contributed by atoms with van der Waals surface area (Å²) in [6.07, 6.45) is 1.90. The number of fused-ring (bicyclic) bond motifs is 1. The Morgan fingerprint density at radius 3 is 2.96 bits per heavy atom. The predicted octanol–water partition coefficient (Wildman–Crippen LogP) is -0.570. The number of carbonyl (C=O) groups is 4. The van der Waals surface area contributed by atoms with Crippen molar-refractivity contribution in [3.05, 3.63) is 22.8 Å². The summed E-state index contributed by atoms with van der Waals surface area (Å²) >= 11 is 2.42. The van der Waals surface area contributed by atoms with E-state index in [0.29, 0.717) is 12.2 Å². The summed E-state index contributed by atoms with van der Waals surface area (Å²) in [6.45, 7) is 0. The van der Waals surface area contributed by atoms with Gasteiger partial charge in [0.05, 0.1) is 0 Å². The highest BCUT2D eigenvalue weighted by atomic mass is 32.2. The van der Waals surface area contributed by atoms with E-state index >= 15 is 0 Å². The lowest BCUT2D eigenvalue weighted by molar-refractivity contribution is -0.150. The number of anilines is 1. The highest BCUT2D eigenvalue weighted by molar-refractivity contribution is 8.00. The van der Waals surface area contributed by atoms with Crippen molar-refractivity contribution in [2.45, 2.75) is 11.4 Å². The molecule has 1 saturated heterocycles. The van der Waals surface area contributed by atoms with E-state index in [-0.39, 0.29) is 22.2 Å². The smallest absolute Gasteiger partial charge is 0.352 e. The number of carbonyl (C=O) groups excluding carboxylic acids is 3. The summed E-state index contributed by atoms with van der Waals surface area (Å²) in [7, 11) is 1.25. The van der Waals surface area contributed by atoms with Crippen LogP contribution < -0.4 is 10.6 Å². The highest BCUT2D eigenvalue weighted by Gasteiger charge is 2.53. The van der Waals surface area contributed by atoms with Crippen molar-refractivity contribution >= 4 is 58.1 Å². The maximum absolute atomic E-state index is 12.6. The summed E-state index contributed by atoms with van der Waals surface area (Å²) in [4.78, 5) is 56.5. The number of aliphatic carboxylic acids is 1. The fraction of sp³-hybridized carbons (Fsp3) is 0.286. The highest BCUT2D eigenvalue weighted by Crippen LogP contribution is 2.37. The number of thioether (sulfide) groups is 1. The first-order valence-electron chi connectivity index (χ1n) is 7.44. The van der Waals surface area contributed by atoms with Crippen LogP contribution in [0.5, 0.6) is 0 Å². The molecule has 0 aromatic carbocycles. The minimum Gasteiger partial charge on any atom is -0.477 e. The van der Waals surface area contributed by atoms with E-state index in [4.69, 9.17) is 5.11 Å². The Morgan fingerprint density at radius 1 is 1.52 bits per heavy atom. The second kappa shape index (κ2) is 7.75. The molecule has 2 atom stereocenters. The summed E-state index contributed by atoms with van der Waals surface area (Å²) in [5, 5.41) is 19.0. The number of carboxylic acids is 1. The fourth-order valence-electron chi connectivity index (χ4n) is 2.54. The summed E-state index contributed by atoms with van der Waals surface area (Å²) in [6, 6.07) is -0.890. The SMILES string of the molecule is CO/N=C(/C(=O)NC1C(=O)N2C(C(=O)O)=CCSC12)c1csc(NC=O)n1. The molecular weight excluding hydrogens is 398 g/mol. The van der Waals surface area contributed by atoms with Crippen LogP contribution in [0.3, 0.4) is 0 Å². The topological polar surface area (TPSA) is 150 Å². The molecule has 11 nitrogen and oxygen atoms in total. The molecule has 3 N–H and O–H groups in total. The molecule has 3 rings (SSSR count). The van der Waals surface area contributed by atoms with E-state index in [0.717, 1.165) is 16.2 Å². The predicted molar refractivity (Wildman–Crippen MR) is 96.1 cm³/mol. The first-order chi connectivity index (χ1) is 13.0. The molecule has 0 bridgehead atoms. The van der Waals surface area contributed by atoms with Crippen LogP contribution in [0.1, 0.15) is 5.69 Å². The number of nitrogens with zero attached hydrogens (tertiary/aromatic N) is 3. The zero-order valence-corrected chi connectivity index (χ0v) is 15.4. The van der Waals surface area contributed by atoms with E-state index in [1.165, 1.54) is 30.3 Å². The maximum Gasteiger partial charge on any atom is 0.352 e. The molecule has 0 saturated carbocycles. The molecule has 3 heterocycles. The van der Waals surface area contributed by atoms with E-state index in [1.54, 1.807) is 0 Å². The Kier molecular flexibility index (Phi) is 5.41. The van der Waals surface area contributed by atoms with Crippen molar-refractivity contribution in [1.82, 2.24) is 15.2 Å². The zero-order chi connectivity index (χ0) is 19.6. The number of rotatable bonds is 7. The van der Waals surface area contributed by atoms with Gasteiger partial charge in [0.15, 0.2) is 10.8 Å². The van der Waals surface area contributed by atoms with Gasteiger partial charge in [0.1, 0.15) is 29.9 Å². The van der Waals surface area contributed by atoms with Crippen molar-refractivity contribution < 1.29 is 29.1 Å². The second-order valence-corrected chi connectivity index (χ2v) is 7.21. The van der Waals surface area contributed by atoms with Gasteiger partial charge in [-0.2, -0.15) is 0 Å². The Labute approximate surface area is 160 Å². The third-order valence-corrected chi connectivity index (χ3v) is 5.64. The molecule has 0 spiro atoms. The Balaban J connectivity index is 1.74. The van der Waals surface area contributed by atoms with Gasteiger partial charge in [-0.3, -0.25) is 19.3 Å². The average Bonchev–Trinajstić information content (AvgIpc) is 3.11. The normalized spacial score (nSPS) is 21.5. The average molecular weight is 411 g/mol. The van der Waals surface area contributed by atoms with Crippen molar-refractivity contribution in [1.29, 1.82) is 0 Å². The van der Waals surface area contributed by atoms with Crippen LogP contribution in [0.25, 0.3) is 0 Å². The van der Waals surface area contributed by atoms with Gasteiger partial charge < -0.3 is 20.6 Å². The molecule has 2 aliphatic rings. The summed E-state index contributed by atoms with van der Waals surface area (Å²) in [5.41, 5.74) is -0.104. The number of hydrogen-bond acceptors (Lipinski definition) is 9. The van der Waals surface area contributed by atoms with E-state index in [1.807, 2.05) is 0 Å². The zero-order valence-electron chi connectivity index (χ0n) is 13.7. The first-order valence-corrected chi connectivity index (χ1v) is 9.37. The van der Waals surface area contributed by atoms with Crippen LogP contribution in [0, 0.1) is 0 Å². The third kappa shape index (κ3) is 3.50. The minimum absolute atomic E-state index is 0.0934.